The van der Waals surface area contributed by atoms with E-state index in [-0.39, 0.29) is 44.6 Å². The molecule has 1 aliphatic carbocycles. The van der Waals surface area contributed by atoms with Crippen LogP contribution in [0.2, 0.25) is 5.02 Å². The number of hydrogen-bond donors (Lipinski definition) is 0. The van der Waals surface area contributed by atoms with Gasteiger partial charge in [-0.3, -0.25) is 4.79 Å². The van der Waals surface area contributed by atoms with Gasteiger partial charge in [-0.15, -0.1) is 0 Å². The lowest BCUT2D eigenvalue weighted by Crippen LogP contribution is -2.65. The first-order valence-corrected chi connectivity index (χ1v) is 13.1. The van der Waals surface area contributed by atoms with Crippen LogP contribution in [0, 0.1) is 0 Å². The van der Waals surface area contributed by atoms with Crippen LogP contribution in [0.4, 0.5) is 23.7 Å². The third-order valence-corrected chi connectivity index (χ3v) is 7.62. The summed E-state index contributed by atoms with van der Waals surface area (Å²) in [7, 11) is 0. The summed E-state index contributed by atoms with van der Waals surface area (Å²) in [5.74, 6) is 0.428. The van der Waals surface area contributed by atoms with Crippen molar-refractivity contribution in [3.05, 3.63) is 46.0 Å². The molecule has 1 spiro atoms. The first-order chi connectivity index (χ1) is 17.5. The largest absolute Gasteiger partial charge is 0.447 e. The average molecular weight is 539 g/mol. The van der Waals surface area contributed by atoms with Gasteiger partial charge in [-0.05, 0) is 69.7 Å². The van der Waals surface area contributed by atoms with Crippen LogP contribution in [-0.2, 0) is 40.9 Å². The zero-order valence-corrected chi connectivity index (χ0v) is 21.7. The molecule has 2 amide bonds. The number of hydrogen-bond acceptors (Lipinski definition) is 4. The molecule has 3 heterocycles. The van der Waals surface area contributed by atoms with Crippen molar-refractivity contribution < 1.29 is 27.5 Å². The molecule has 0 unspecified atom stereocenters. The minimum absolute atomic E-state index is 0.0453. The molecule has 200 valence electrons. The molecule has 2 aliphatic heterocycles. The highest BCUT2D eigenvalue weighted by Crippen LogP contribution is 2.49. The van der Waals surface area contributed by atoms with Crippen molar-refractivity contribution in [2.45, 2.75) is 83.2 Å². The Morgan fingerprint density at radius 1 is 1.22 bits per heavy atom. The van der Waals surface area contributed by atoms with Crippen LogP contribution >= 0.6 is 11.6 Å². The molecule has 37 heavy (non-hydrogen) atoms. The maximum Gasteiger partial charge on any atom is 0.410 e. The van der Waals surface area contributed by atoms with Crippen LogP contribution in [0.25, 0.3) is 0 Å². The summed E-state index contributed by atoms with van der Waals surface area (Å²) in [6.45, 7) is 4.23. The van der Waals surface area contributed by atoms with Crippen LogP contribution in [0.5, 0.6) is 0 Å². The SMILES string of the molecule is CC(C)OC(=O)N1CC2(C1)C(=O)N(Cc1nc3c(n1CCCC(F)(F)F)CCCC3)c1ccc(Cl)cc12. The van der Waals surface area contributed by atoms with E-state index >= 15 is 0 Å². The molecule has 1 aromatic carbocycles. The van der Waals surface area contributed by atoms with Crippen LogP contribution in [-0.4, -0.2) is 51.8 Å². The van der Waals surface area contributed by atoms with Crippen molar-refractivity contribution >= 4 is 29.3 Å². The highest BCUT2D eigenvalue weighted by atomic mass is 35.5. The molecule has 11 heteroatoms. The van der Waals surface area contributed by atoms with Crippen LogP contribution in [0.1, 0.15) is 62.3 Å². The van der Waals surface area contributed by atoms with Crippen molar-refractivity contribution in [2.75, 3.05) is 18.0 Å². The van der Waals surface area contributed by atoms with E-state index in [4.69, 9.17) is 21.3 Å². The van der Waals surface area contributed by atoms with E-state index in [1.807, 2.05) is 4.57 Å². The number of carbonyl (C=O) groups is 2. The number of carbonyl (C=O) groups excluding carboxylic acids is 2. The Labute approximate surface area is 218 Å². The van der Waals surface area contributed by atoms with Gasteiger partial charge in [-0.25, -0.2) is 9.78 Å². The van der Waals surface area contributed by atoms with E-state index in [1.54, 1.807) is 36.9 Å². The maximum absolute atomic E-state index is 13.9. The number of likely N-dealkylation sites (tertiary alicyclic amines) is 1. The molecule has 1 saturated heterocycles. The summed E-state index contributed by atoms with van der Waals surface area (Å²) in [5, 5.41) is 0.486. The predicted octanol–water partition coefficient (Wildman–Crippen LogP) is 5.40. The number of anilines is 1. The lowest BCUT2D eigenvalue weighted by Gasteiger charge is -2.46. The molecule has 3 aliphatic rings. The number of nitrogens with zero attached hydrogens (tertiary/aromatic N) is 4. The van der Waals surface area contributed by atoms with Gasteiger partial charge in [0.25, 0.3) is 0 Å². The minimum Gasteiger partial charge on any atom is -0.447 e. The molecule has 2 aromatic rings. The lowest BCUT2D eigenvalue weighted by molar-refractivity contribution is -0.136. The summed E-state index contributed by atoms with van der Waals surface area (Å²) in [4.78, 5) is 34.3. The summed E-state index contributed by atoms with van der Waals surface area (Å²) in [5.41, 5.74) is 2.40. The Morgan fingerprint density at radius 2 is 1.95 bits per heavy atom. The standard InChI is InChI=1S/C26H30ClF3N4O3/c1-16(2)37-24(36)32-14-25(15-32)18-12-17(27)8-9-20(18)34(23(25)35)13-22-31-19-6-3-4-7-21(19)33(22)11-5-10-26(28,29)30/h8-9,12,16H,3-7,10-11,13-15H2,1-2H3. The predicted molar refractivity (Wildman–Crippen MR) is 132 cm³/mol. The van der Waals surface area contributed by atoms with Crippen molar-refractivity contribution in [1.82, 2.24) is 14.5 Å². The molecule has 1 fully saturated rings. The van der Waals surface area contributed by atoms with Gasteiger partial charge < -0.3 is 19.1 Å². The van der Waals surface area contributed by atoms with Crippen LogP contribution < -0.4 is 4.90 Å². The number of imidazole rings is 1. The van der Waals surface area contributed by atoms with Crippen molar-refractivity contribution in [1.29, 1.82) is 0 Å². The zero-order valence-electron chi connectivity index (χ0n) is 20.9. The molecule has 1 aromatic heterocycles. The summed E-state index contributed by atoms with van der Waals surface area (Å²) in [6.07, 6.45) is -2.37. The zero-order chi connectivity index (χ0) is 26.5. The molecule has 0 radical (unpaired) electrons. The number of aromatic nitrogens is 2. The second kappa shape index (κ2) is 9.53. The highest BCUT2D eigenvalue weighted by molar-refractivity contribution is 6.31. The van der Waals surface area contributed by atoms with Crippen molar-refractivity contribution in [3.8, 4) is 0 Å². The fraction of sp³-hybridized carbons (Fsp3) is 0.577. The quantitative estimate of drug-likeness (QED) is 0.494. The number of alkyl halides is 3. The molecular weight excluding hydrogens is 509 g/mol. The third-order valence-electron chi connectivity index (χ3n) is 7.39. The van der Waals surface area contributed by atoms with Gasteiger partial charge in [0.1, 0.15) is 11.2 Å². The van der Waals surface area contributed by atoms with Gasteiger partial charge in [-0.1, -0.05) is 11.6 Å². The molecule has 7 nitrogen and oxygen atoms in total. The molecule has 5 rings (SSSR count). The Kier molecular flexibility index (Phi) is 6.66. The van der Waals surface area contributed by atoms with E-state index in [0.717, 1.165) is 42.6 Å². The fourth-order valence-corrected chi connectivity index (χ4v) is 5.88. The smallest absolute Gasteiger partial charge is 0.410 e. The van der Waals surface area contributed by atoms with Crippen LogP contribution in [0.15, 0.2) is 18.2 Å². The van der Waals surface area contributed by atoms with Gasteiger partial charge in [-0.2, -0.15) is 13.2 Å². The number of amides is 2. The van der Waals surface area contributed by atoms with Gasteiger partial charge in [0, 0.05) is 42.5 Å². The summed E-state index contributed by atoms with van der Waals surface area (Å²) < 4.78 is 45.8. The van der Waals surface area contributed by atoms with Gasteiger partial charge in [0.05, 0.1) is 18.3 Å². The summed E-state index contributed by atoms with van der Waals surface area (Å²) in [6, 6.07) is 5.26. The number of rotatable bonds is 6. The van der Waals surface area contributed by atoms with Crippen molar-refractivity contribution in [3.63, 3.8) is 0 Å². The molecule has 0 atom stereocenters. The van der Waals surface area contributed by atoms with E-state index in [1.165, 1.54) is 4.90 Å². The lowest BCUT2D eigenvalue weighted by atomic mass is 9.75. The Hall–Kier alpha value is -2.75. The topological polar surface area (TPSA) is 67.7 Å². The molecule has 0 saturated carbocycles. The average Bonchev–Trinajstić information content (AvgIpc) is 3.24. The number of halogens is 4. The Morgan fingerprint density at radius 3 is 2.65 bits per heavy atom. The van der Waals surface area contributed by atoms with Gasteiger partial charge in [0.2, 0.25) is 5.91 Å². The monoisotopic (exact) mass is 538 g/mol. The second-order valence-electron chi connectivity index (χ2n) is 10.4. The van der Waals surface area contributed by atoms with Crippen molar-refractivity contribution in [2.24, 2.45) is 0 Å². The summed E-state index contributed by atoms with van der Waals surface area (Å²) >= 11 is 6.30. The number of fused-ring (bicyclic) bond motifs is 3. The third kappa shape index (κ3) is 4.80. The second-order valence-corrected chi connectivity index (χ2v) is 10.9. The normalized spacial score (nSPS) is 18.3. The van der Waals surface area contributed by atoms with E-state index in [9.17, 15) is 22.8 Å². The maximum atomic E-state index is 13.9. The number of ether oxygens (including phenoxy) is 1. The van der Waals surface area contributed by atoms with Gasteiger partial charge in [0.15, 0.2) is 0 Å². The Balaban J connectivity index is 1.43. The number of benzene rings is 1. The van der Waals surface area contributed by atoms with Gasteiger partial charge >= 0.3 is 12.3 Å². The minimum atomic E-state index is -4.22. The molecule has 0 N–H and O–H groups in total. The number of aryl methyl sites for hydroxylation is 1. The van der Waals surface area contributed by atoms with Crippen LogP contribution in [0.3, 0.4) is 0 Å². The Bertz CT molecular complexity index is 1220. The van der Waals surface area contributed by atoms with E-state index in [2.05, 4.69) is 0 Å². The highest BCUT2D eigenvalue weighted by Gasteiger charge is 2.60. The van der Waals surface area contributed by atoms with E-state index < -0.39 is 24.1 Å². The fourth-order valence-electron chi connectivity index (χ4n) is 5.70. The first-order valence-electron chi connectivity index (χ1n) is 12.7. The molecular formula is C26H30ClF3N4O3. The first kappa shape index (κ1) is 25.9. The van der Waals surface area contributed by atoms with E-state index in [0.29, 0.717) is 16.5 Å². The molecule has 0 bridgehead atoms.